The molecule has 0 aliphatic carbocycles. The van der Waals surface area contributed by atoms with E-state index in [2.05, 4.69) is 6.92 Å². The van der Waals surface area contributed by atoms with Crippen LogP contribution in [0.4, 0.5) is 5.69 Å². The molecule has 28 heavy (non-hydrogen) atoms. The Balaban J connectivity index is 1.62. The number of hydrogen-bond donors (Lipinski definition) is 0. The van der Waals surface area contributed by atoms with Crippen LogP contribution in [0, 0.1) is 13.8 Å². The van der Waals surface area contributed by atoms with E-state index in [1.165, 1.54) is 0 Å². The third kappa shape index (κ3) is 3.09. The number of unbranched alkanes of at least 4 members (excludes halogenated alkanes) is 1. The molecule has 1 spiro atoms. The molecular weight excluding hydrogens is 354 g/mol. The maximum atomic E-state index is 13.4. The second kappa shape index (κ2) is 7.57. The van der Waals surface area contributed by atoms with Crippen molar-refractivity contribution in [1.82, 2.24) is 0 Å². The van der Waals surface area contributed by atoms with Crippen LogP contribution in [0.1, 0.15) is 42.0 Å². The number of benzene rings is 2. The summed E-state index contributed by atoms with van der Waals surface area (Å²) in [4.78, 5) is 15.2. The standard InChI is InChI=1S/C23H27NO4/c1-4-5-12-26-19-10-8-18(9-11-19)15-24-21-17(3)7-6-16(2)20(21)23(22(24)25)27-13-14-28-23/h6-11H,4-5,12-15H2,1-3H3. The molecule has 0 unspecified atom stereocenters. The number of aryl methyl sites for hydroxylation is 2. The Kier molecular flexibility index (Phi) is 5.13. The Morgan fingerprint density at radius 1 is 1.04 bits per heavy atom. The molecule has 0 bridgehead atoms. The number of nitrogens with zero attached hydrogens (tertiary/aromatic N) is 1. The fourth-order valence-electron chi connectivity index (χ4n) is 3.98. The van der Waals surface area contributed by atoms with Gasteiger partial charge in [0.05, 0.1) is 32.1 Å². The number of carbonyl (C=O) groups excluding carboxylic acids is 1. The summed E-state index contributed by atoms with van der Waals surface area (Å²) >= 11 is 0. The van der Waals surface area contributed by atoms with Crippen molar-refractivity contribution < 1.29 is 19.0 Å². The third-order valence-electron chi connectivity index (χ3n) is 5.44. The van der Waals surface area contributed by atoms with Crippen LogP contribution < -0.4 is 9.64 Å². The quantitative estimate of drug-likeness (QED) is 0.703. The molecule has 0 saturated carbocycles. The first-order valence-electron chi connectivity index (χ1n) is 9.99. The van der Waals surface area contributed by atoms with E-state index in [0.29, 0.717) is 19.8 Å². The number of carbonyl (C=O) groups is 1. The molecule has 1 saturated heterocycles. The monoisotopic (exact) mass is 381 g/mol. The van der Waals surface area contributed by atoms with E-state index in [-0.39, 0.29) is 5.91 Å². The van der Waals surface area contributed by atoms with Crippen molar-refractivity contribution in [2.45, 2.75) is 45.9 Å². The van der Waals surface area contributed by atoms with Crippen LogP contribution >= 0.6 is 0 Å². The van der Waals surface area contributed by atoms with Crippen LogP contribution in [0.25, 0.3) is 0 Å². The molecule has 0 N–H and O–H groups in total. The number of amides is 1. The van der Waals surface area contributed by atoms with Gasteiger partial charge in [0, 0.05) is 5.56 Å². The van der Waals surface area contributed by atoms with Crippen molar-refractivity contribution in [2.24, 2.45) is 0 Å². The van der Waals surface area contributed by atoms with E-state index in [1.807, 2.05) is 50.2 Å². The van der Waals surface area contributed by atoms with Crippen LogP contribution in [0.15, 0.2) is 36.4 Å². The summed E-state index contributed by atoms with van der Waals surface area (Å²) in [6, 6.07) is 12.0. The first-order chi connectivity index (χ1) is 13.6. The van der Waals surface area contributed by atoms with Gasteiger partial charge >= 0.3 is 0 Å². The van der Waals surface area contributed by atoms with E-state index in [0.717, 1.165) is 53.1 Å². The Morgan fingerprint density at radius 3 is 2.39 bits per heavy atom. The van der Waals surface area contributed by atoms with E-state index in [1.54, 1.807) is 4.90 Å². The number of hydrogen-bond acceptors (Lipinski definition) is 4. The van der Waals surface area contributed by atoms with Crippen molar-refractivity contribution in [3.8, 4) is 5.75 Å². The molecule has 1 amide bonds. The number of fused-ring (bicyclic) bond motifs is 2. The van der Waals surface area contributed by atoms with Gasteiger partial charge in [0.2, 0.25) is 0 Å². The predicted molar refractivity (Wildman–Crippen MR) is 108 cm³/mol. The summed E-state index contributed by atoms with van der Waals surface area (Å²) in [7, 11) is 0. The summed E-state index contributed by atoms with van der Waals surface area (Å²) in [6.07, 6.45) is 2.15. The molecule has 2 aliphatic heterocycles. The predicted octanol–water partition coefficient (Wildman–Crippen LogP) is 4.23. The second-order valence-electron chi connectivity index (χ2n) is 7.47. The molecular formula is C23H27NO4. The molecule has 5 nitrogen and oxygen atoms in total. The lowest BCUT2D eigenvalue weighted by atomic mass is 9.98. The maximum absolute atomic E-state index is 13.4. The highest BCUT2D eigenvalue weighted by molar-refractivity contribution is 6.07. The van der Waals surface area contributed by atoms with Gasteiger partial charge < -0.3 is 19.1 Å². The highest BCUT2D eigenvalue weighted by Crippen LogP contribution is 2.49. The minimum absolute atomic E-state index is 0.138. The molecule has 148 valence electrons. The van der Waals surface area contributed by atoms with E-state index >= 15 is 0 Å². The summed E-state index contributed by atoms with van der Waals surface area (Å²) < 4.78 is 17.5. The lowest BCUT2D eigenvalue weighted by Gasteiger charge is -2.22. The second-order valence-corrected chi connectivity index (χ2v) is 7.47. The van der Waals surface area contributed by atoms with Crippen LogP contribution in [0.3, 0.4) is 0 Å². The molecule has 5 heteroatoms. The topological polar surface area (TPSA) is 48.0 Å². The Hall–Kier alpha value is -2.37. The zero-order chi connectivity index (χ0) is 19.7. The van der Waals surface area contributed by atoms with Gasteiger partial charge in [-0.2, -0.15) is 0 Å². The van der Waals surface area contributed by atoms with E-state index in [4.69, 9.17) is 14.2 Å². The molecule has 2 heterocycles. The zero-order valence-corrected chi connectivity index (χ0v) is 16.8. The Morgan fingerprint density at radius 2 is 1.71 bits per heavy atom. The van der Waals surface area contributed by atoms with Gasteiger partial charge in [-0.25, -0.2) is 0 Å². The van der Waals surface area contributed by atoms with Gasteiger partial charge in [0.15, 0.2) is 0 Å². The van der Waals surface area contributed by atoms with Gasteiger partial charge in [0.25, 0.3) is 11.7 Å². The van der Waals surface area contributed by atoms with Crippen molar-refractivity contribution >= 4 is 11.6 Å². The minimum atomic E-state index is -1.28. The number of anilines is 1. The van der Waals surface area contributed by atoms with E-state index in [9.17, 15) is 4.79 Å². The fourth-order valence-corrected chi connectivity index (χ4v) is 3.98. The van der Waals surface area contributed by atoms with Gasteiger partial charge in [-0.15, -0.1) is 0 Å². The van der Waals surface area contributed by atoms with Crippen LogP contribution in [-0.4, -0.2) is 25.7 Å². The van der Waals surface area contributed by atoms with Crippen LogP contribution in [0.2, 0.25) is 0 Å². The minimum Gasteiger partial charge on any atom is -0.494 e. The third-order valence-corrected chi connectivity index (χ3v) is 5.44. The lowest BCUT2D eigenvalue weighted by molar-refractivity contribution is -0.181. The average Bonchev–Trinajstić information content (AvgIpc) is 3.27. The van der Waals surface area contributed by atoms with Gasteiger partial charge in [0.1, 0.15) is 5.75 Å². The van der Waals surface area contributed by atoms with Crippen LogP contribution in [-0.2, 0) is 26.6 Å². The summed E-state index contributed by atoms with van der Waals surface area (Å²) in [6.45, 7) is 8.23. The maximum Gasteiger partial charge on any atom is 0.292 e. The number of rotatable bonds is 6. The molecule has 2 aromatic rings. The molecule has 4 rings (SSSR count). The Bertz CT molecular complexity index is 869. The molecule has 2 aliphatic rings. The first-order valence-corrected chi connectivity index (χ1v) is 9.99. The molecule has 0 aromatic heterocycles. The largest absolute Gasteiger partial charge is 0.494 e. The van der Waals surface area contributed by atoms with Gasteiger partial charge in [-0.1, -0.05) is 37.6 Å². The highest BCUT2D eigenvalue weighted by Gasteiger charge is 2.57. The normalized spacial score (nSPS) is 17.4. The van der Waals surface area contributed by atoms with Crippen molar-refractivity contribution in [3.05, 3.63) is 58.7 Å². The summed E-state index contributed by atoms with van der Waals surface area (Å²) in [5, 5.41) is 0. The SMILES string of the molecule is CCCCOc1ccc(CN2C(=O)C3(OCCO3)c3c(C)ccc(C)c32)cc1. The summed E-state index contributed by atoms with van der Waals surface area (Å²) in [5.74, 6) is -0.564. The molecule has 2 aromatic carbocycles. The molecule has 0 radical (unpaired) electrons. The smallest absolute Gasteiger partial charge is 0.292 e. The van der Waals surface area contributed by atoms with E-state index < -0.39 is 5.79 Å². The van der Waals surface area contributed by atoms with Crippen LogP contribution in [0.5, 0.6) is 5.75 Å². The van der Waals surface area contributed by atoms with Gasteiger partial charge in [-0.05, 0) is 49.1 Å². The van der Waals surface area contributed by atoms with Crippen molar-refractivity contribution in [3.63, 3.8) is 0 Å². The number of ether oxygens (including phenoxy) is 3. The van der Waals surface area contributed by atoms with Crippen molar-refractivity contribution in [2.75, 3.05) is 24.7 Å². The average molecular weight is 381 g/mol. The van der Waals surface area contributed by atoms with Gasteiger partial charge in [-0.3, -0.25) is 4.79 Å². The summed E-state index contributed by atoms with van der Waals surface area (Å²) in [5.41, 5.74) is 4.87. The molecule has 0 atom stereocenters. The lowest BCUT2D eigenvalue weighted by Crippen LogP contribution is -2.41. The Labute approximate surface area is 166 Å². The first kappa shape index (κ1) is 19.0. The highest BCUT2D eigenvalue weighted by atomic mass is 16.7. The van der Waals surface area contributed by atoms with Crippen molar-refractivity contribution in [1.29, 1.82) is 0 Å². The fraction of sp³-hybridized carbons (Fsp3) is 0.435. The zero-order valence-electron chi connectivity index (χ0n) is 16.8. The molecule has 1 fully saturated rings.